The SMILES string of the molecule is CCCC(N)(CN1CCCCCC1)c1ccc(F)cc1. The van der Waals surface area contributed by atoms with Crippen LogP contribution >= 0.6 is 0 Å². The van der Waals surface area contributed by atoms with Crippen LogP contribution in [0.25, 0.3) is 0 Å². The van der Waals surface area contributed by atoms with E-state index in [1.54, 1.807) is 0 Å². The van der Waals surface area contributed by atoms with E-state index >= 15 is 0 Å². The monoisotopic (exact) mass is 278 g/mol. The summed E-state index contributed by atoms with van der Waals surface area (Å²) in [7, 11) is 0. The summed E-state index contributed by atoms with van der Waals surface area (Å²) in [5, 5.41) is 0. The van der Waals surface area contributed by atoms with Crippen LogP contribution in [0.2, 0.25) is 0 Å². The van der Waals surface area contributed by atoms with Gasteiger partial charge in [-0.25, -0.2) is 4.39 Å². The third-order valence-corrected chi connectivity index (χ3v) is 4.32. The molecule has 2 N–H and O–H groups in total. The van der Waals surface area contributed by atoms with Crippen molar-refractivity contribution in [2.24, 2.45) is 5.73 Å². The minimum absolute atomic E-state index is 0.192. The van der Waals surface area contributed by atoms with Crippen LogP contribution in [0.3, 0.4) is 0 Å². The van der Waals surface area contributed by atoms with Gasteiger partial charge in [0.05, 0.1) is 5.54 Å². The standard InChI is InChI=1S/C17H27FN2/c1-2-11-17(19,15-7-9-16(18)10-8-15)14-20-12-5-3-4-6-13-20/h7-10H,2-6,11-14,19H2,1H3. The summed E-state index contributed by atoms with van der Waals surface area (Å²) in [5.41, 5.74) is 7.40. The zero-order chi connectivity index (χ0) is 14.4. The van der Waals surface area contributed by atoms with Crippen molar-refractivity contribution in [3.63, 3.8) is 0 Å². The average Bonchev–Trinajstić information content (AvgIpc) is 2.68. The molecule has 1 unspecified atom stereocenters. The van der Waals surface area contributed by atoms with Crippen LogP contribution in [-0.2, 0) is 5.54 Å². The number of hydrogen-bond donors (Lipinski definition) is 1. The Kier molecular flexibility index (Phi) is 5.55. The molecule has 2 rings (SSSR count). The molecule has 1 aliphatic heterocycles. The van der Waals surface area contributed by atoms with E-state index in [1.807, 2.05) is 12.1 Å². The van der Waals surface area contributed by atoms with Gasteiger partial charge in [0.1, 0.15) is 5.82 Å². The minimum Gasteiger partial charge on any atom is -0.320 e. The maximum Gasteiger partial charge on any atom is 0.123 e. The van der Waals surface area contributed by atoms with Gasteiger partial charge in [0, 0.05) is 6.54 Å². The summed E-state index contributed by atoms with van der Waals surface area (Å²) in [6.45, 7) is 5.33. The van der Waals surface area contributed by atoms with Crippen molar-refractivity contribution in [1.29, 1.82) is 0 Å². The normalized spacial score (nSPS) is 20.4. The highest BCUT2D eigenvalue weighted by Gasteiger charge is 2.29. The Bertz CT molecular complexity index is 396. The van der Waals surface area contributed by atoms with Crippen molar-refractivity contribution in [1.82, 2.24) is 4.90 Å². The van der Waals surface area contributed by atoms with Crippen LogP contribution in [0.15, 0.2) is 24.3 Å². The second-order valence-corrected chi connectivity index (χ2v) is 6.10. The summed E-state index contributed by atoms with van der Waals surface area (Å²) in [6, 6.07) is 6.75. The van der Waals surface area contributed by atoms with Crippen molar-refractivity contribution in [3.8, 4) is 0 Å². The van der Waals surface area contributed by atoms with E-state index < -0.39 is 0 Å². The Morgan fingerprint density at radius 2 is 1.70 bits per heavy atom. The van der Waals surface area contributed by atoms with Crippen LogP contribution in [0.4, 0.5) is 4.39 Å². The van der Waals surface area contributed by atoms with Gasteiger partial charge in [0.2, 0.25) is 0 Å². The predicted octanol–water partition coefficient (Wildman–Crippen LogP) is 3.66. The fourth-order valence-corrected chi connectivity index (χ4v) is 3.24. The molecule has 2 nitrogen and oxygen atoms in total. The number of hydrogen-bond acceptors (Lipinski definition) is 2. The number of rotatable bonds is 5. The van der Waals surface area contributed by atoms with E-state index in [9.17, 15) is 4.39 Å². The molecule has 112 valence electrons. The first-order valence-electron chi connectivity index (χ1n) is 7.91. The molecule has 20 heavy (non-hydrogen) atoms. The molecule has 0 amide bonds. The summed E-state index contributed by atoms with van der Waals surface area (Å²) < 4.78 is 13.1. The van der Waals surface area contributed by atoms with Crippen molar-refractivity contribution in [2.45, 2.75) is 51.0 Å². The Labute approximate surface area is 122 Å². The number of likely N-dealkylation sites (tertiary alicyclic amines) is 1. The van der Waals surface area contributed by atoms with E-state index in [1.165, 1.54) is 37.8 Å². The molecule has 0 bridgehead atoms. The van der Waals surface area contributed by atoms with Gasteiger partial charge in [-0.3, -0.25) is 0 Å². The molecule has 1 fully saturated rings. The van der Waals surface area contributed by atoms with Gasteiger partial charge in [0.15, 0.2) is 0 Å². The second-order valence-electron chi connectivity index (χ2n) is 6.10. The Morgan fingerprint density at radius 1 is 1.10 bits per heavy atom. The highest BCUT2D eigenvalue weighted by Crippen LogP contribution is 2.26. The smallest absolute Gasteiger partial charge is 0.123 e. The Hall–Kier alpha value is -0.930. The van der Waals surface area contributed by atoms with Crippen molar-refractivity contribution < 1.29 is 4.39 Å². The largest absolute Gasteiger partial charge is 0.320 e. The maximum atomic E-state index is 13.1. The lowest BCUT2D eigenvalue weighted by molar-refractivity contribution is 0.205. The highest BCUT2D eigenvalue weighted by atomic mass is 19.1. The average molecular weight is 278 g/mol. The van der Waals surface area contributed by atoms with Gasteiger partial charge in [-0.2, -0.15) is 0 Å². The van der Waals surface area contributed by atoms with Crippen molar-refractivity contribution >= 4 is 0 Å². The zero-order valence-electron chi connectivity index (χ0n) is 12.6. The molecule has 1 heterocycles. The molecule has 0 aromatic heterocycles. The topological polar surface area (TPSA) is 29.3 Å². The fourth-order valence-electron chi connectivity index (χ4n) is 3.24. The van der Waals surface area contributed by atoms with E-state index in [4.69, 9.17) is 5.73 Å². The van der Waals surface area contributed by atoms with Crippen molar-refractivity contribution in [3.05, 3.63) is 35.6 Å². The van der Waals surface area contributed by atoms with E-state index in [-0.39, 0.29) is 11.4 Å². The Balaban J connectivity index is 2.12. The quantitative estimate of drug-likeness (QED) is 0.890. The maximum absolute atomic E-state index is 13.1. The molecule has 0 saturated carbocycles. The Morgan fingerprint density at radius 3 is 2.25 bits per heavy atom. The summed E-state index contributed by atoms with van der Waals surface area (Å²) in [4.78, 5) is 2.49. The summed E-state index contributed by atoms with van der Waals surface area (Å²) in [5.74, 6) is -0.192. The lowest BCUT2D eigenvalue weighted by Gasteiger charge is -2.35. The number of halogens is 1. The van der Waals surface area contributed by atoms with E-state index in [2.05, 4.69) is 11.8 Å². The number of nitrogens with two attached hydrogens (primary N) is 1. The third-order valence-electron chi connectivity index (χ3n) is 4.32. The molecule has 1 aromatic rings. The van der Waals surface area contributed by atoms with Gasteiger partial charge in [0.25, 0.3) is 0 Å². The van der Waals surface area contributed by atoms with Crippen LogP contribution in [0.1, 0.15) is 51.0 Å². The first-order chi connectivity index (χ1) is 9.64. The molecule has 1 aromatic carbocycles. The summed E-state index contributed by atoms with van der Waals surface area (Å²) >= 11 is 0. The molecular formula is C17H27FN2. The van der Waals surface area contributed by atoms with Crippen LogP contribution < -0.4 is 5.73 Å². The van der Waals surface area contributed by atoms with Crippen molar-refractivity contribution in [2.75, 3.05) is 19.6 Å². The number of nitrogens with zero attached hydrogens (tertiary/aromatic N) is 1. The predicted molar refractivity (Wildman–Crippen MR) is 82.1 cm³/mol. The minimum atomic E-state index is -0.354. The first kappa shape index (κ1) is 15.5. The van der Waals surface area contributed by atoms with Crippen LogP contribution in [0, 0.1) is 5.82 Å². The number of benzene rings is 1. The molecular weight excluding hydrogens is 251 g/mol. The van der Waals surface area contributed by atoms with Crippen LogP contribution in [0.5, 0.6) is 0 Å². The lowest BCUT2D eigenvalue weighted by Crippen LogP contribution is -2.48. The van der Waals surface area contributed by atoms with Gasteiger partial charge >= 0.3 is 0 Å². The molecule has 3 heteroatoms. The molecule has 1 atom stereocenters. The van der Waals surface area contributed by atoms with Gasteiger partial charge < -0.3 is 10.6 Å². The summed E-state index contributed by atoms with van der Waals surface area (Å²) in [6.07, 6.45) is 7.19. The fraction of sp³-hybridized carbons (Fsp3) is 0.647. The molecule has 0 aliphatic carbocycles. The first-order valence-corrected chi connectivity index (χ1v) is 7.91. The molecule has 0 spiro atoms. The lowest BCUT2D eigenvalue weighted by atomic mass is 9.86. The van der Waals surface area contributed by atoms with Gasteiger partial charge in [-0.15, -0.1) is 0 Å². The molecule has 1 saturated heterocycles. The third kappa shape index (κ3) is 4.03. The molecule has 0 radical (unpaired) electrons. The zero-order valence-corrected chi connectivity index (χ0v) is 12.6. The molecule has 1 aliphatic rings. The second kappa shape index (κ2) is 7.19. The van der Waals surface area contributed by atoms with Crippen LogP contribution in [-0.4, -0.2) is 24.5 Å². The van der Waals surface area contributed by atoms with Gasteiger partial charge in [-0.05, 0) is 50.0 Å². The van der Waals surface area contributed by atoms with E-state index in [0.29, 0.717) is 0 Å². The van der Waals surface area contributed by atoms with Gasteiger partial charge in [-0.1, -0.05) is 38.3 Å². The van der Waals surface area contributed by atoms with E-state index in [0.717, 1.165) is 38.0 Å². The highest BCUT2D eigenvalue weighted by molar-refractivity contribution is 5.25.